The second-order valence-corrected chi connectivity index (χ2v) is 4.10. The normalized spacial score (nSPS) is 11.1. The van der Waals surface area contributed by atoms with E-state index in [1.165, 1.54) is 10.9 Å². The van der Waals surface area contributed by atoms with Gasteiger partial charge in [0.05, 0.1) is 6.54 Å². The number of nitrogen functional groups attached to an aromatic ring is 1. The molecular weight excluding hydrogens is 212 g/mol. The van der Waals surface area contributed by atoms with Crippen molar-refractivity contribution in [3.05, 3.63) is 48.9 Å². The summed E-state index contributed by atoms with van der Waals surface area (Å²) in [6.07, 6.45) is 5.87. The second kappa shape index (κ2) is 3.97. The highest BCUT2D eigenvalue weighted by Gasteiger charge is 2.01. The fourth-order valence-corrected chi connectivity index (χ4v) is 2.06. The summed E-state index contributed by atoms with van der Waals surface area (Å²) in [5.74, 6) is 0. The van der Waals surface area contributed by atoms with Gasteiger partial charge in [-0.05, 0) is 30.3 Å². The summed E-state index contributed by atoms with van der Waals surface area (Å²) in [6, 6.07) is 10.0. The standard InChI is InChI=1S/C13H14N4/c14-12-2-3-13-11(10-12)4-7-16(13)8-9-17-6-1-5-15-17/h1-7,10H,8-9,14H2. The van der Waals surface area contributed by atoms with Gasteiger partial charge in [0.25, 0.3) is 0 Å². The Bertz CT molecular complexity index is 622. The quantitative estimate of drug-likeness (QED) is 0.695. The number of nitrogens with two attached hydrogens (primary N) is 1. The number of aryl methyl sites for hydroxylation is 2. The molecule has 0 saturated carbocycles. The summed E-state index contributed by atoms with van der Waals surface area (Å²) in [7, 11) is 0. The number of hydrogen-bond acceptors (Lipinski definition) is 2. The fraction of sp³-hybridized carbons (Fsp3) is 0.154. The Morgan fingerprint density at radius 1 is 1.12 bits per heavy atom. The first kappa shape index (κ1) is 9.96. The monoisotopic (exact) mass is 226 g/mol. The number of hydrogen-bond donors (Lipinski definition) is 1. The van der Waals surface area contributed by atoms with Gasteiger partial charge in [0.2, 0.25) is 0 Å². The van der Waals surface area contributed by atoms with Crippen molar-refractivity contribution in [3.63, 3.8) is 0 Å². The van der Waals surface area contributed by atoms with Crippen molar-refractivity contribution in [3.8, 4) is 0 Å². The Balaban J connectivity index is 1.86. The van der Waals surface area contributed by atoms with E-state index in [0.29, 0.717) is 0 Å². The lowest BCUT2D eigenvalue weighted by Crippen LogP contribution is -2.06. The highest BCUT2D eigenvalue weighted by atomic mass is 15.3. The molecule has 0 bridgehead atoms. The molecule has 0 unspecified atom stereocenters. The SMILES string of the molecule is Nc1ccc2c(ccn2CCn2cccn2)c1. The maximum Gasteiger partial charge on any atom is 0.0588 e. The number of aromatic nitrogens is 3. The third kappa shape index (κ3) is 1.89. The van der Waals surface area contributed by atoms with Gasteiger partial charge in [0, 0.05) is 41.7 Å². The third-order valence-corrected chi connectivity index (χ3v) is 2.92. The second-order valence-electron chi connectivity index (χ2n) is 4.10. The minimum Gasteiger partial charge on any atom is -0.399 e. The molecule has 86 valence electrons. The molecule has 1 aromatic carbocycles. The van der Waals surface area contributed by atoms with Crippen LogP contribution in [0.2, 0.25) is 0 Å². The van der Waals surface area contributed by atoms with Gasteiger partial charge in [-0.15, -0.1) is 0 Å². The molecule has 3 rings (SSSR count). The van der Waals surface area contributed by atoms with Crippen LogP contribution in [-0.4, -0.2) is 14.3 Å². The van der Waals surface area contributed by atoms with Crippen molar-refractivity contribution in [2.45, 2.75) is 13.1 Å². The molecule has 0 spiro atoms. The van der Waals surface area contributed by atoms with Crippen LogP contribution in [0, 0.1) is 0 Å². The Morgan fingerprint density at radius 3 is 2.88 bits per heavy atom. The molecule has 4 nitrogen and oxygen atoms in total. The number of nitrogens with zero attached hydrogens (tertiary/aromatic N) is 3. The van der Waals surface area contributed by atoms with E-state index in [9.17, 15) is 0 Å². The molecule has 2 aromatic heterocycles. The van der Waals surface area contributed by atoms with Gasteiger partial charge in [-0.2, -0.15) is 5.10 Å². The lowest BCUT2D eigenvalue weighted by atomic mass is 10.2. The van der Waals surface area contributed by atoms with Gasteiger partial charge >= 0.3 is 0 Å². The van der Waals surface area contributed by atoms with Crippen LogP contribution < -0.4 is 5.73 Å². The lowest BCUT2D eigenvalue weighted by molar-refractivity contribution is 0.543. The molecule has 0 fully saturated rings. The molecule has 0 aliphatic rings. The summed E-state index contributed by atoms with van der Waals surface area (Å²) in [6.45, 7) is 1.79. The number of rotatable bonds is 3. The minimum atomic E-state index is 0.808. The van der Waals surface area contributed by atoms with Crippen molar-refractivity contribution in [1.29, 1.82) is 0 Å². The summed E-state index contributed by atoms with van der Waals surface area (Å²) >= 11 is 0. The molecule has 3 aromatic rings. The van der Waals surface area contributed by atoms with E-state index in [1.54, 1.807) is 6.20 Å². The lowest BCUT2D eigenvalue weighted by Gasteiger charge is -2.05. The average molecular weight is 226 g/mol. The van der Waals surface area contributed by atoms with Gasteiger partial charge < -0.3 is 10.3 Å². The van der Waals surface area contributed by atoms with Gasteiger partial charge in [-0.3, -0.25) is 4.68 Å². The molecule has 0 aliphatic heterocycles. The number of fused-ring (bicyclic) bond motifs is 1. The zero-order chi connectivity index (χ0) is 11.7. The maximum absolute atomic E-state index is 5.76. The van der Waals surface area contributed by atoms with Gasteiger partial charge in [-0.1, -0.05) is 0 Å². The summed E-state index contributed by atoms with van der Waals surface area (Å²) in [5.41, 5.74) is 7.78. The maximum atomic E-state index is 5.76. The number of benzene rings is 1. The van der Waals surface area contributed by atoms with E-state index in [2.05, 4.69) is 28.0 Å². The van der Waals surface area contributed by atoms with Crippen molar-refractivity contribution in [2.24, 2.45) is 0 Å². The van der Waals surface area contributed by atoms with E-state index >= 15 is 0 Å². The van der Waals surface area contributed by atoms with E-state index in [-0.39, 0.29) is 0 Å². The molecule has 0 amide bonds. The van der Waals surface area contributed by atoms with Crippen molar-refractivity contribution >= 4 is 16.6 Å². The van der Waals surface area contributed by atoms with Crippen molar-refractivity contribution in [1.82, 2.24) is 14.3 Å². The zero-order valence-corrected chi connectivity index (χ0v) is 9.45. The topological polar surface area (TPSA) is 48.8 Å². The van der Waals surface area contributed by atoms with Crippen LogP contribution in [-0.2, 0) is 13.1 Å². The zero-order valence-electron chi connectivity index (χ0n) is 9.45. The van der Waals surface area contributed by atoms with Gasteiger partial charge in [-0.25, -0.2) is 0 Å². The van der Waals surface area contributed by atoms with E-state index in [1.807, 2.05) is 29.1 Å². The fourth-order valence-electron chi connectivity index (χ4n) is 2.06. The van der Waals surface area contributed by atoms with Gasteiger partial charge in [0.1, 0.15) is 0 Å². The molecular formula is C13H14N4. The molecule has 17 heavy (non-hydrogen) atoms. The van der Waals surface area contributed by atoms with E-state index in [0.717, 1.165) is 18.8 Å². The Morgan fingerprint density at radius 2 is 2.06 bits per heavy atom. The van der Waals surface area contributed by atoms with Crippen molar-refractivity contribution in [2.75, 3.05) is 5.73 Å². The van der Waals surface area contributed by atoms with Gasteiger partial charge in [0.15, 0.2) is 0 Å². The molecule has 0 aliphatic carbocycles. The molecule has 0 radical (unpaired) electrons. The summed E-state index contributed by atoms with van der Waals surface area (Å²) in [5, 5.41) is 5.38. The van der Waals surface area contributed by atoms with Crippen LogP contribution in [0.5, 0.6) is 0 Å². The predicted octanol–water partition coefficient (Wildman–Crippen LogP) is 2.12. The molecule has 2 N–H and O–H groups in total. The van der Waals surface area contributed by atoms with E-state index in [4.69, 9.17) is 5.73 Å². The average Bonchev–Trinajstić information content (AvgIpc) is 2.94. The van der Waals surface area contributed by atoms with Crippen LogP contribution in [0.4, 0.5) is 5.69 Å². The summed E-state index contributed by atoms with van der Waals surface area (Å²) < 4.78 is 4.15. The smallest absolute Gasteiger partial charge is 0.0588 e. The largest absolute Gasteiger partial charge is 0.399 e. The molecule has 2 heterocycles. The van der Waals surface area contributed by atoms with Crippen LogP contribution in [0.15, 0.2) is 48.9 Å². The van der Waals surface area contributed by atoms with Crippen LogP contribution in [0.3, 0.4) is 0 Å². The highest BCUT2D eigenvalue weighted by molar-refractivity contribution is 5.83. The predicted molar refractivity (Wildman–Crippen MR) is 68.6 cm³/mol. The molecule has 0 saturated heterocycles. The minimum absolute atomic E-state index is 0.808. The van der Waals surface area contributed by atoms with Crippen LogP contribution >= 0.6 is 0 Å². The van der Waals surface area contributed by atoms with Crippen LogP contribution in [0.1, 0.15) is 0 Å². The Hall–Kier alpha value is -2.23. The highest BCUT2D eigenvalue weighted by Crippen LogP contribution is 2.18. The first-order chi connectivity index (χ1) is 8.33. The number of anilines is 1. The van der Waals surface area contributed by atoms with Crippen molar-refractivity contribution < 1.29 is 0 Å². The molecule has 4 heteroatoms. The first-order valence-electron chi connectivity index (χ1n) is 5.65. The summed E-state index contributed by atoms with van der Waals surface area (Å²) in [4.78, 5) is 0. The Kier molecular flexibility index (Phi) is 2.33. The van der Waals surface area contributed by atoms with E-state index < -0.39 is 0 Å². The van der Waals surface area contributed by atoms with Crippen LogP contribution in [0.25, 0.3) is 10.9 Å². The first-order valence-corrected chi connectivity index (χ1v) is 5.65. The molecule has 0 atom stereocenters. The third-order valence-electron chi connectivity index (χ3n) is 2.92. The Labute approximate surface area is 99.3 Å².